The summed E-state index contributed by atoms with van der Waals surface area (Å²) in [6, 6.07) is 9.87. The molecule has 2 aromatic rings. The fourth-order valence-corrected chi connectivity index (χ4v) is 3.38. The first-order valence-electron chi connectivity index (χ1n) is 8.99. The maximum atomic E-state index is 15.4. The van der Waals surface area contributed by atoms with E-state index in [1.807, 2.05) is 30.3 Å². The van der Waals surface area contributed by atoms with Gasteiger partial charge in [-0.3, -0.25) is 4.79 Å². The molecule has 5 nitrogen and oxygen atoms in total. The number of hydrogen-bond acceptors (Lipinski definition) is 4. The molecule has 0 N–H and O–H groups in total. The maximum absolute atomic E-state index is 15.4. The summed E-state index contributed by atoms with van der Waals surface area (Å²) in [4.78, 5) is 18.4. The van der Waals surface area contributed by atoms with Gasteiger partial charge in [-0.05, 0) is 37.7 Å². The van der Waals surface area contributed by atoms with Gasteiger partial charge in [-0.25, -0.2) is 4.39 Å². The normalized spacial score (nSPS) is 23.6. The van der Waals surface area contributed by atoms with Gasteiger partial charge in [-0.1, -0.05) is 35.5 Å². The van der Waals surface area contributed by atoms with E-state index >= 15 is 4.39 Å². The van der Waals surface area contributed by atoms with Crippen molar-refractivity contribution in [1.82, 2.24) is 15.0 Å². The number of alkyl halides is 1. The summed E-state index contributed by atoms with van der Waals surface area (Å²) in [5, 5.41) is 3.91. The topological polar surface area (TPSA) is 59.2 Å². The van der Waals surface area contributed by atoms with Crippen LogP contribution in [0.3, 0.4) is 0 Å². The molecule has 1 aliphatic carbocycles. The first-order valence-corrected chi connectivity index (χ1v) is 8.99. The summed E-state index contributed by atoms with van der Waals surface area (Å²) in [6.45, 7) is 0.593. The average Bonchev–Trinajstić information content (AvgIpc) is 3.36. The highest BCUT2D eigenvalue weighted by Gasteiger charge is 2.44. The van der Waals surface area contributed by atoms with E-state index in [0.29, 0.717) is 44.0 Å². The third-order valence-electron chi connectivity index (χ3n) is 5.03. The predicted octanol–water partition coefficient (Wildman–Crippen LogP) is 3.37. The molecule has 132 valence electrons. The second kappa shape index (κ2) is 6.58. The monoisotopic (exact) mass is 343 g/mol. The molecular formula is C19H22FN3O2. The summed E-state index contributed by atoms with van der Waals surface area (Å²) in [7, 11) is 0. The van der Waals surface area contributed by atoms with E-state index in [0.717, 1.165) is 18.4 Å². The van der Waals surface area contributed by atoms with Crippen molar-refractivity contribution in [2.24, 2.45) is 0 Å². The highest BCUT2D eigenvalue weighted by atomic mass is 19.1. The molecule has 1 amide bonds. The van der Waals surface area contributed by atoms with E-state index < -0.39 is 5.67 Å². The van der Waals surface area contributed by atoms with Crippen LogP contribution in [0.4, 0.5) is 4.39 Å². The number of halogens is 1. The Morgan fingerprint density at radius 3 is 2.88 bits per heavy atom. The summed E-state index contributed by atoms with van der Waals surface area (Å²) in [5.41, 5.74) is -0.605. The Morgan fingerprint density at radius 1 is 1.32 bits per heavy atom. The van der Waals surface area contributed by atoms with Crippen LogP contribution in [0.5, 0.6) is 0 Å². The molecule has 0 bridgehead atoms. The molecule has 1 saturated carbocycles. The highest BCUT2D eigenvalue weighted by Crippen LogP contribution is 2.40. The molecular weight excluding hydrogens is 321 g/mol. The highest BCUT2D eigenvalue weighted by molar-refractivity contribution is 5.76. The Bertz CT molecular complexity index is 744. The lowest BCUT2D eigenvalue weighted by Crippen LogP contribution is -2.46. The van der Waals surface area contributed by atoms with Crippen molar-refractivity contribution in [2.45, 2.75) is 50.1 Å². The van der Waals surface area contributed by atoms with Crippen LogP contribution in [-0.2, 0) is 16.9 Å². The van der Waals surface area contributed by atoms with Crippen molar-refractivity contribution in [2.75, 3.05) is 13.1 Å². The molecule has 1 aliphatic heterocycles. The summed E-state index contributed by atoms with van der Waals surface area (Å²) in [6.07, 6.45) is 4.07. The lowest BCUT2D eigenvalue weighted by Gasteiger charge is -2.35. The Kier molecular flexibility index (Phi) is 4.27. The van der Waals surface area contributed by atoms with E-state index in [-0.39, 0.29) is 18.3 Å². The van der Waals surface area contributed by atoms with Crippen LogP contribution in [-0.4, -0.2) is 34.0 Å². The molecule has 1 saturated heterocycles. The molecule has 2 aliphatic rings. The van der Waals surface area contributed by atoms with Gasteiger partial charge in [0.2, 0.25) is 11.6 Å². The third kappa shape index (κ3) is 3.57. The fraction of sp³-hybridized carbons (Fsp3) is 0.526. The Balaban J connectivity index is 1.39. The van der Waals surface area contributed by atoms with Gasteiger partial charge in [0.15, 0.2) is 5.82 Å². The summed E-state index contributed by atoms with van der Waals surface area (Å²) >= 11 is 0. The Hall–Kier alpha value is -2.24. The lowest BCUT2D eigenvalue weighted by molar-refractivity contribution is -0.136. The third-order valence-corrected chi connectivity index (χ3v) is 5.03. The van der Waals surface area contributed by atoms with Crippen LogP contribution in [0.2, 0.25) is 0 Å². The van der Waals surface area contributed by atoms with Crippen LogP contribution >= 0.6 is 0 Å². The molecule has 25 heavy (non-hydrogen) atoms. The first kappa shape index (κ1) is 16.2. The predicted molar refractivity (Wildman–Crippen MR) is 89.6 cm³/mol. The van der Waals surface area contributed by atoms with Gasteiger partial charge in [0.05, 0.1) is 6.54 Å². The number of aryl methyl sites for hydroxylation is 1. The number of nitrogens with zero attached hydrogens (tertiary/aromatic N) is 3. The van der Waals surface area contributed by atoms with Gasteiger partial charge in [0.25, 0.3) is 5.89 Å². The van der Waals surface area contributed by atoms with Gasteiger partial charge in [0.1, 0.15) is 0 Å². The second-order valence-corrected chi connectivity index (χ2v) is 7.10. The number of carbonyl (C=O) groups is 1. The molecule has 0 spiro atoms. The van der Waals surface area contributed by atoms with Gasteiger partial charge in [-0.2, -0.15) is 4.98 Å². The van der Waals surface area contributed by atoms with E-state index in [4.69, 9.17) is 4.52 Å². The zero-order valence-electron chi connectivity index (χ0n) is 14.2. The number of rotatable bonds is 5. The number of amides is 1. The van der Waals surface area contributed by atoms with E-state index in [9.17, 15) is 4.79 Å². The van der Waals surface area contributed by atoms with Gasteiger partial charge < -0.3 is 9.42 Å². The maximum Gasteiger partial charge on any atom is 0.266 e. The molecule has 1 unspecified atom stereocenters. The standard InChI is InChI=1S/C19H22FN3O2/c20-19(18-21-17(22-25-18)15-8-9-15)11-4-12-23(13-19)16(24)10-7-14-5-2-1-3-6-14/h1-3,5-6,15H,4,7-13H2. The second-order valence-electron chi connectivity index (χ2n) is 7.10. The number of benzene rings is 1. The van der Waals surface area contributed by atoms with Crippen molar-refractivity contribution >= 4 is 5.91 Å². The van der Waals surface area contributed by atoms with Crippen LogP contribution in [0, 0.1) is 0 Å². The van der Waals surface area contributed by atoms with Crippen LogP contribution in [0.15, 0.2) is 34.9 Å². The molecule has 1 aromatic carbocycles. The largest absolute Gasteiger partial charge is 0.339 e. The minimum absolute atomic E-state index is 0.00687. The summed E-state index contributed by atoms with van der Waals surface area (Å²) in [5.74, 6) is 0.954. The molecule has 6 heteroatoms. The lowest BCUT2D eigenvalue weighted by atomic mass is 9.94. The first-order chi connectivity index (χ1) is 12.1. The number of carbonyl (C=O) groups excluding carboxylic acids is 1. The quantitative estimate of drug-likeness (QED) is 0.835. The smallest absolute Gasteiger partial charge is 0.266 e. The minimum atomic E-state index is -1.72. The van der Waals surface area contributed by atoms with E-state index in [1.54, 1.807) is 4.90 Å². The molecule has 2 heterocycles. The van der Waals surface area contributed by atoms with Crippen LogP contribution < -0.4 is 0 Å². The zero-order chi connectivity index (χ0) is 17.3. The summed E-state index contributed by atoms with van der Waals surface area (Å²) < 4.78 is 20.6. The molecule has 4 rings (SSSR count). The van der Waals surface area contributed by atoms with E-state index in [1.165, 1.54) is 0 Å². The van der Waals surface area contributed by atoms with Crippen molar-refractivity contribution in [3.8, 4) is 0 Å². The number of piperidine rings is 1. The van der Waals surface area contributed by atoms with Crippen molar-refractivity contribution in [3.63, 3.8) is 0 Å². The number of hydrogen-bond donors (Lipinski definition) is 0. The molecule has 2 fully saturated rings. The van der Waals surface area contributed by atoms with E-state index in [2.05, 4.69) is 10.1 Å². The van der Waals surface area contributed by atoms with Crippen LogP contribution in [0.1, 0.15) is 55.3 Å². The van der Waals surface area contributed by atoms with Crippen molar-refractivity contribution in [3.05, 3.63) is 47.6 Å². The fourth-order valence-electron chi connectivity index (χ4n) is 3.38. The zero-order valence-corrected chi connectivity index (χ0v) is 14.2. The minimum Gasteiger partial charge on any atom is -0.339 e. The number of aromatic nitrogens is 2. The molecule has 1 atom stereocenters. The van der Waals surface area contributed by atoms with Crippen molar-refractivity contribution < 1.29 is 13.7 Å². The SMILES string of the molecule is O=C(CCc1ccccc1)N1CCCC(F)(c2nc(C3CC3)no2)C1. The average molecular weight is 343 g/mol. The molecule has 1 aromatic heterocycles. The van der Waals surface area contributed by atoms with Gasteiger partial charge in [0, 0.05) is 18.9 Å². The van der Waals surface area contributed by atoms with Gasteiger partial charge >= 0.3 is 0 Å². The Morgan fingerprint density at radius 2 is 2.12 bits per heavy atom. The Labute approximate surface area is 146 Å². The van der Waals surface area contributed by atoms with Gasteiger partial charge in [-0.15, -0.1) is 0 Å². The van der Waals surface area contributed by atoms with Crippen molar-refractivity contribution in [1.29, 1.82) is 0 Å². The molecule has 0 radical (unpaired) electrons. The number of likely N-dealkylation sites (tertiary alicyclic amines) is 1. The van der Waals surface area contributed by atoms with Crippen LogP contribution in [0.25, 0.3) is 0 Å².